The number of carbonyl (C=O) groups is 3. The van der Waals surface area contributed by atoms with Gasteiger partial charge in [0, 0.05) is 5.56 Å². The predicted octanol–water partition coefficient (Wildman–Crippen LogP) is 13.7. The Kier molecular flexibility index (Phi) is 19.0. The van der Waals surface area contributed by atoms with E-state index in [4.69, 9.17) is 23.7 Å². The highest BCUT2D eigenvalue weighted by molar-refractivity contribution is 5.92. The highest BCUT2D eigenvalue weighted by Crippen LogP contribution is 2.29. The van der Waals surface area contributed by atoms with Crippen LogP contribution in [0.15, 0.2) is 125 Å². The molecule has 0 heterocycles. The zero-order chi connectivity index (χ0) is 43.1. The third-order valence-corrected chi connectivity index (χ3v) is 9.94. The molecule has 0 unspecified atom stereocenters. The minimum Gasteiger partial charge on any atom is -0.494 e. The molecule has 0 N–H and O–H groups in total. The molecule has 10 nitrogen and oxygen atoms in total. The van der Waals surface area contributed by atoms with Crippen molar-refractivity contribution >= 4 is 29.3 Å². The van der Waals surface area contributed by atoms with E-state index in [1.807, 2.05) is 19.1 Å². The van der Waals surface area contributed by atoms with Gasteiger partial charge in [-0.05, 0) is 123 Å². The molecule has 0 aliphatic heterocycles. The number of esters is 3. The summed E-state index contributed by atoms with van der Waals surface area (Å²) in [7, 11) is 0. The summed E-state index contributed by atoms with van der Waals surface area (Å²) in [5.74, 6) is 0.421. The van der Waals surface area contributed by atoms with Crippen molar-refractivity contribution < 1.29 is 38.1 Å². The minimum atomic E-state index is -0.554. The van der Waals surface area contributed by atoms with Gasteiger partial charge in [-0.2, -0.15) is 10.2 Å². The zero-order valence-corrected chi connectivity index (χ0v) is 35.7. The molecule has 0 saturated carbocycles. The van der Waals surface area contributed by atoms with Gasteiger partial charge in [-0.3, -0.25) is 0 Å². The second-order valence-corrected chi connectivity index (χ2v) is 15.0. The van der Waals surface area contributed by atoms with Crippen LogP contribution in [0.3, 0.4) is 0 Å². The van der Waals surface area contributed by atoms with E-state index in [2.05, 4.69) is 24.1 Å². The molecule has 0 amide bonds. The molecule has 10 heteroatoms. The molecule has 5 aromatic carbocycles. The Balaban J connectivity index is 1.22. The van der Waals surface area contributed by atoms with E-state index in [-0.39, 0.29) is 12.4 Å². The first kappa shape index (κ1) is 45.8. The molecule has 61 heavy (non-hydrogen) atoms. The van der Waals surface area contributed by atoms with E-state index in [0.29, 0.717) is 64.1 Å². The van der Waals surface area contributed by atoms with Crippen LogP contribution >= 0.6 is 0 Å². The Morgan fingerprint density at radius 2 is 0.902 bits per heavy atom. The number of unbranched alkanes of at least 4 members (excludes halogenated alkanes) is 10. The molecule has 0 bridgehead atoms. The summed E-state index contributed by atoms with van der Waals surface area (Å²) < 4.78 is 28.7. The Hall–Kier alpha value is -6.29. The Bertz CT molecular complexity index is 2130. The van der Waals surface area contributed by atoms with Crippen LogP contribution in [-0.4, -0.2) is 31.1 Å². The van der Waals surface area contributed by atoms with Crippen LogP contribution in [0.5, 0.6) is 23.0 Å². The highest BCUT2D eigenvalue weighted by atomic mass is 16.5. The molecule has 0 aliphatic rings. The topological polar surface area (TPSA) is 122 Å². The fraction of sp³-hybridized carbons (Fsp3) is 0.353. The van der Waals surface area contributed by atoms with E-state index in [1.165, 1.54) is 51.4 Å². The third-order valence-electron chi connectivity index (χ3n) is 9.94. The number of aryl methyl sites for hydroxylation is 1. The molecule has 0 spiro atoms. The summed E-state index contributed by atoms with van der Waals surface area (Å²) in [5, 5.41) is 8.80. The smallest absolute Gasteiger partial charge is 0.343 e. The number of nitrogens with zero attached hydrogens (tertiary/aromatic N) is 2. The monoisotopic (exact) mass is 826 g/mol. The van der Waals surface area contributed by atoms with Crippen molar-refractivity contribution in [2.24, 2.45) is 10.2 Å². The van der Waals surface area contributed by atoms with E-state index in [9.17, 15) is 14.4 Å². The van der Waals surface area contributed by atoms with Crippen molar-refractivity contribution in [1.82, 2.24) is 0 Å². The molecule has 320 valence electrons. The van der Waals surface area contributed by atoms with Gasteiger partial charge in [0.05, 0.1) is 41.3 Å². The number of carbonyl (C=O) groups excluding carboxylic acids is 3. The lowest BCUT2D eigenvalue weighted by atomic mass is 10.1. The van der Waals surface area contributed by atoms with Crippen LogP contribution in [0.25, 0.3) is 0 Å². The van der Waals surface area contributed by atoms with Crippen LogP contribution in [0.1, 0.15) is 133 Å². The summed E-state index contributed by atoms with van der Waals surface area (Å²) in [6.45, 7) is 7.44. The number of ether oxygens (including phenoxy) is 5. The van der Waals surface area contributed by atoms with Crippen molar-refractivity contribution in [1.29, 1.82) is 0 Å². The van der Waals surface area contributed by atoms with Crippen molar-refractivity contribution in [3.8, 4) is 23.0 Å². The normalized spacial score (nSPS) is 11.0. The first-order valence-corrected chi connectivity index (χ1v) is 21.6. The van der Waals surface area contributed by atoms with Gasteiger partial charge in [0.1, 0.15) is 29.6 Å². The average Bonchev–Trinajstić information content (AvgIpc) is 3.28. The van der Waals surface area contributed by atoms with E-state index >= 15 is 0 Å². The van der Waals surface area contributed by atoms with Crippen molar-refractivity contribution in [2.45, 2.75) is 104 Å². The summed E-state index contributed by atoms with van der Waals surface area (Å²) in [6, 6.07) is 32.3. The van der Waals surface area contributed by atoms with Crippen LogP contribution in [-0.2, 0) is 11.3 Å². The number of rotatable bonds is 25. The highest BCUT2D eigenvalue weighted by Gasteiger charge is 2.15. The summed E-state index contributed by atoms with van der Waals surface area (Å²) >= 11 is 0. The van der Waals surface area contributed by atoms with Gasteiger partial charge in [-0.15, -0.1) is 0 Å². The van der Waals surface area contributed by atoms with Gasteiger partial charge < -0.3 is 23.7 Å². The largest absolute Gasteiger partial charge is 0.494 e. The first-order valence-electron chi connectivity index (χ1n) is 21.6. The SMILES string of the molecule is CCCCCCCCOc1ccc(C(=O)OCc2cc(OC(=O)c3ccc(OCCCCCCCC)cc3)ccc2N=Nc2ccc(OC(=O)c3ccc(C)cc3)cc2)cc1. The van der Waals surface area contributed by atoms with E-state index in [0.717, 1.165) is 31.2 Å². The Morgan fingerprint density at radius 1 is 0.459 bits per heavy atom. The number of hydrogen-bond donors (Lipinski definition) is 0. The van der Waals surface area contributed by atoms with Crippen LogP contribution in [0.2, 0.25) is 0 Å². The fourth-order valence-electron chi connectivity index (χ4n) is 6.30. The standard InChI is InChI=1S/C51H58N2O8/c1-4-6-8-10-12-14-34-57-44-26-20-39(21-27-44)49(54)59-37-42-36-47(61-51(56)41-22-28-45(29-23-41)58-35-15-13-11-9-7-5-2)32-33-48(42)53-52-43-24-30-46(31-25-43)60-50(55)40-18-16-38(3)17-19-40/h16-33,36H,4-15,34-35,37H2,1-3H3. The van der Waals surface area contributed by atoms with E-state index in [1.54, 1.807) is 103 Å². The molecule has 0 atom stereocenters. The molecule has 0 fully saturated rings. The van der Waals surface area contributed by atoms with Gasteiger partial charge in [0.25, 0.3) is 0 Å². The Morgan fingerprint density at radius 3 is 1.44 bits per heavy atom. The lowest BCUT2D eigenvalue weighted by molar-refractivity contribution is 0.0471. The van der Waals surface area contributed by atoms with Gasteiger partial charge in [-0.25, -0.2) is 14.4 Å². The minimum absolute atomic E-state index is 0.173. The van der Waals surface area contributed by atoms with Crippen molar-refractivity contribution in [3.63, 3.8) is 0 Å². The maximum atomic E-state index is 13.2. The lowest BCUT2D eigenvalue weighted by Gasteiger charge is -2.11. The van der Waals surface area contributed by atoms with E-state index < -0.39 is 17.9 Å². The van der Waals surface area contributed by atoms with Crippen LogP contribution in [0.4, 0.5) is 11.4 Å². The van der Waals surface area contributed by atoms with Crippen molar-refractivity contribution in [2.75, 3.05) is 13.2 Å². The number of azo groups is 1. The van der Waals surface area contributed by atoms with Gasteiger partial charge in [-0.1, -0.05) is 95.8 Å². The average molecular weight is 827 g/mol. The molecular weight excluding hydrogens is 769 g/mol. The zero-order valence-electron chi connectivity index (χ0n) is 35.7. The third kappa shape index (κ3) is 16.0. The molecule has 5 aromatic rings. The summed E-state index contributed by atoms with van der Waals surface area (Å²) in [6.07, 6.45) is 14.1. The quantitative estimate of drug-likeness (QED) is 0.0247. The maximum absolute atomic E-state index is 13.2. The second-order valence-electron chi connectivity index (χ2n) is 15.0. The van der Waals surface area contributed by atoms with Gasteiger partial charge >= 0.3 is 17.9 Å². The first-order chi connectivity index (χ1) is 29.8. The molecule has 0 radical (unpaired) electrons. The maximum Gasteiger partial charge on any atom is 0.343 e. The molecule has 0 aliphatic carbocycles. The summed E-state index contributed by atoms with van der Waals surface area (Å²) in [5.41, 5.74) is 3.56. The molecule has 0 aromatic heterocycles. The summed E-state index contributed by atoms with van der Waals surface area (Å²) in [4.78, 5) is 39.0. The van der Waals surface area contributed by atoms with Crippen LogP contribution < -0.4 is 18.9 Å². The van der Waals surface area contributed by atoms with Crippen molar-refractivity contribution in [3.05, 3.63) is 143 Å². The molecular formula is C51H58N2O8. The second kappa shape index (κ2) is 25.4. The lowest BCUT2D eigenvalue weighted by Crippen LogP contribution is -2.09. The van der Waals surface area contributed by atoms with Gasteiger partial charge in [0.15, 0.2) is 0 Å². The fourth-order valence-corrected chi connectivity index (χ4v) is 6.30. The predicted molar refractivity (Wildman–Crippen MR) is 238 cm³/mol. The number of benzene rings is 5. The molecule has 5 rings (SSSR count). The van der Waals surface area contributed by atoms with Gasteiger partial charge in [0.2, 0.25) is 0 Å². The molecule has 0 saturated heterocycles. The Labute approximate surface area is 360 Å². The number of hydrogen-bond acceptors (Lipinski definition) is 10. The van der Waals surface area contributed by atoms with Crippen LogP contribution in [0, 0.1) is 6.92 Å².